The second-order valence-electron chi connectivity index (χ2n) is 29.7. The number of primary sulfonamides is 1. The molecular formula is C98H99ClF3N3O18S10. The van der Waals surface area contributed by atoms with Crippen LogP contribution < -0.4 is 15.5 Å². The summed E-state index contributed by atoms with van der Waals surface area (Å²) in [6, 6.07) is 57.4. The lowest BCUT2D eigenvalue weighted by atomic mass is 9.94. The highest BCUT2D eigenvalue weighted by Gasteiger charge is 2.36. The molecule has 2 amide bonds. The maximum atomic E-state index is 12.8. The number of ether oxygens (including phenoxy) is 2. The maximum absolute atomic E-state index is 12.8. The van der Waals surface area contributed by atoms with Gasteiger partial charge < -0.3 is 13.9 Å². The molecule has 2 aliphatic heterocycles. The van der Waals surface area contributed by atoms with Gasteiger partial charge in [0.1, 0.15) is 68.1 Å². The van der Waals surface area contributed by atoms with Crippen molar-refractivity contribution in [1.82, 2.24) is 9.88 Å². The first kappa shape index (κ1) is 112. The van der Waals surface area contributed by atoms with Crippen molar-refractivity contribution in [3.8, 4) is 5.75 Å². The summed E-state index contributed by atoms with van der Waals surface area (Å²) in [6.07, 6.45) is 8.65. The molecule has 4 unspecified atom stereocenters. The van der Waals surface area contributed by atoms with Crippen LogP contribution in [-0.4, -0.2) is 166 Å². The molecule has 133 heavy (non-hydrogen) atoms. The Kier molecular flexibility index (Phi) is 48.1. The summed E-state index contributed by atoms with van der Waals surface area (Å²) >= 11 is 38.6. The van der Waals surface area contributed by atoms with Crippen LogP contribution in [0.3, 0.4) is 0 Å². The van der Waals surface area contributed by atoms with Gasteiger partial charge in [-0.2, -0.15) is 114 Å². The Bertz CT molecular complexity index is 6060. The number of benzene rings is 8. The number of para-hydroxylation sites is 1. The van der Waals surface area contributed by atoms with Crippen molar-refractivity contribution in [2.75, 3.05) is 67.3 Å². The van der Waals surface area contributed by atoms with E-state index in [0.717, 1.165) is 55.6 Å². The highest BCUT2D eigenvalue weighted by atomic mass is 35.5. The van der Waals surface area contributed by atoms with Gasteiger partial charge in [-0.15, -0.1) is 11.8 Å². The van der Waals surface area contributed by atoms with Gasteiger partial charge in [0.25, 0.3) is 11.8 Å². The number of carbonyl (C=O) groups excluding carboxylic acids is 12. The largest absolute Gasteiger partial charge is 0.496 e. The second-order valence-corrected chi connectivity index (χ2v) is 35.5. The number of nitrogens with zero attached hydrogens (tertiary/aromatic N) is 2. The van der Waals surface area contributed by atoms with Crippen LogP contribution >= 0.6 is 124 Å². The van der Waals surface area contributed by atoms with E-state index in [1.54, 1.807) is 86.1 Å². The summed E-state index contributed by atoms with van der Waals surface area (Å²) in [6.45, 7) is 1.95. The van der Waals surface area contributed by atoms with Crippen LogP contribution in [0.1, 0.15) is 105 Å². The summed E-state index contributed by atoms with van der Waals surface area (Å²) in [4.78, 5) is 154. The number of hydrogen-bond acceptors (Lipinski definition) is 28. The van der Waals surface area contributed by atoms with E-state index in [1.165, 1.54) is 61.3 Å². The Morgan fingerprint density at radius 1 is 0.511 bits per heavy atom. The van der Waals surface area contributed by atoms with Crippen LogP contribution in [0, 0.1) is 18.8 Å². The van der Waals surface area contributed by atoms with E-state index in [-0.39, 0.29) is 164 Å². The number of thiol groups is 8. The van der Waals surface area contributed by atoms with Crippen molar-refractivity contribution in [2.45, 2.75) is 81.4 Å². The lowest BCUT2D eigenvalue weighted by Gasteiger charge is -2.21. The van der Waals surface area contributed by atoms with E-state index >= 15 is 0 Å². The Labute approximate surface area is 823 Å². The minimum Gasteiger partial charge on any atom is -0.496 e. The van der Waals surface area contributed by atoms with Crippen LogP contribution in [-0.2, 0) is 109 Å². The van der Waals surface area contributed by atoms with Gasteiger partial charge >= 0.3 is 17.8 Å². The number of nitrogens with two attached hydrogens (primary N) is 1. The van der Waals surface area contributed by atoms with Gasteiger partial charge in [-0.3, -0.25) is 67.4 Å². The van der Waals surface area contributed by atoms with Gasteiger partial charge in [0.15, 0.2) is 5.78 Å². The topological polar surface area (TPSA) is 330 Å². The maximum Gasteiger partial charge on any atom is 0.417 e. The van der Waals surface area contributed by atoms with Crippen molar-refractivity contribution in [3.63, 3.8) is 0 Å². The number of hydrogen-bond donors (Lipinski definition) is 9. The number of ketones is 9. The van der Waals surface area contributed by atoms with E-state index in [9.17, 15) is 83.9 Å². The zero-order valence-corrected chi connectivity index (χ0v) is 82.1. The predicted molar refractivity (Wildman–Crippen MR) is 544 cm³/mol. The molecule has 13 rings (SSSR count). The van der Waals surface area contributed by atoms with Crippen LogP contribution in [0.2, 0.25) is 5.02 Å². The average molecular weight is 2020 g/mol. The molecule has 4 heterocycles. The summed E-state index contributed by atoms with van der Waals surface area (Å²) in [5, 5.41) is 7.33. The van der Waals surface area contributed by atoms with Gasteiger partial charge in [-0.25, -0.2) is 18.4 Å². The van der Waals surface area contributed by atoms with Gasteiger partial charge in [-0.1, -0.05) is 187 Å². The molecule has 2 N–H and O–H groups in total. The fourth-order valence-electron chi connectivity index (χ4n) is 13.2. The molecule has 1 aliphatic carbocycles. The van der Waals surface area contributed by atoms with E-state index in [1.807, 2.05) is 115 Å². The number of rotatable bonds is 31. The highest BCUT2D eigenvalue weighted by molar-refractivity contribution is 8.03. The third-order valence-corrected chi connectivity index (χ3v) is 25.2. The monoisotopic (exact) mass is 2020 g/mol. The van der Waals surface area contributed by atoms with Crippen molar-refractivity contribution < 1.29 is 93.0 Å². The van der Waals surface area contributed by atoms with Crippen LogP contribution in [0.25, 0.3) is 21.9 Å². The van der Waals surface area contributed by atoms with E-state index in [2.05, 4.69) is 129 Å². The van der Waals surface area contributed by atoms with Gasteiger partial charge in [0.05, 0.1) is 36.4 Å². The SMILES string of the molecule is CN1C(=O)c2ccc(CC(=O)CS)cc2C1=O.COC(=O)C1SC=CC1CC(=O)CS.COc1ccc(Cl)cc1CC(=O)CS.Cc1ccc(C(=O)c2ccccc2)c(CC(=O)CS)c1.NS(=O)(=O)C1C=CC=CC1CC(=O)CS.O=C(CS)Cc1ccc2c(C(F)(F)F)cc(=O)oc2c1.O=C(CS)Cc1ccccc1Cc1ccccc1.O=C(CS)Cc1cnc2ccccc2c1. The second kappa shape index (κ2) is 57.2. The molecule has 0 radical (unpaired) electrons. The third-order valence-electron chi connectivity index (χ3n) is 19.7. The number of fused-ring (bicyclic) bond motifs is 3. The number of halogens is 4. The van der Waals surface area contributed by atoms with Gasteiger partial charge in [0.2, 0.25) is 10.0 Å². The minimum atomic E-state index is -4.64. The van der Waals surface area contributed by atoms with E-state index in [0.29, 0.717) is 76.1 Å². The summed E-state index contributed by atoms with van der Waals surface area (Å²) in [7, 11) is 0.731. The lowest BCUT2D eigenvalue weighted by Crippen LogP contribution is -2.35. The molecular weight excluding hydrogens is 1920 g/mol. The summed E-state index contributed by atoms with van der Waals surface area (Å²) < 4.78 is 75.4. The number of imide groups is 1. The number of carbonyl (C=O) groups is 12. The minimum absolute atomic E-state index is 0.0149. The molecule has 2 aromatic heterocycles. The first-order valence-electron chi connectivity index (χ1n) is 40.7. The Morgan fingerprint density at radius 2 is 1.02 bits per heavy atom. The number of esters is 1. The Balaban J connectivity index is 0.000000235. The third kappa shape index (κ3) is 37.1. The summed E-state index contributed by atoms with van der Waals surface area (Å²) in [5.41, 5.74) is 9.03. The molecule has 35 heteroatoms. The molecule has 3 aliphatic rings. The van der Waals surface area contributed by atoms with Crippen LogP contribution in [0.15, 0.2) is 245 Å². The number of methoxy groups -OCH3 is 2. The molecule has 0 spiro atoms. The smallest absolute Gasteiger partial charge is 0.417 e. The van der Waals surface area contributed by atoms with Crippen molar-refractivity contribution in [1.29, 1.82) is 0 Å². The number of amides is 2. The zero-order chi connectivity index (χ0) is 98.1. The molecule has 8 aromatic carbocycles. The highest BCUT2D eigenvalue weighted by Crippen LogP contribution is 2.36. The first-order valence-corrected chi connectivity index (χ1v) is 48.7. The number of thioether (sulfide) groups is 1. The van der Waals surface area contributed by atoms with Crippen molar-refractivity contribution >= 4 is 226 Å². The van der Waals surface area contributed by atoms with Crippen molar-refractivity contribution in [2.24, 2.45) is 17.0 Å². The molecule has 702 valence electrons. The molecule has 0 saturated carbocycles. The van der Waals surface area contributed by atoms with E-state index in [4.69, 9.17) is 25.9 Å². The number of aryl methyl sites for hydroxylation is 1. The molecule has 4 atom stereocenters. The first-order chi connectivity index (χ1) is 63.3. The number of allylic oxidation sites excluding steroid dienone is 4. The molecule has 0 bridgehead atoms. The van der Waals surface area contributed by atoms with Crippen LogP contribution in [0.4, 0.5) is 13.2 Å². The van der Waals surface area contributed by atoms with E-state index < -0.39 is 32.6 Å². The quantitative estimate of drug-likeness (QED) is 0.00641. The molecule has 21 nitrogen and oxygen atoms in total. The van der Waals surface area contributed by atoms with Gasteiger partial charge in [-0.05, 0) is 106 Å². The van der Waals surface area contributed by atoms with Crippen molar-refractivity contribution in [3.05, 3.63) is 329 Å². The fourth-order valence-corrected chi connectivity index (χ4v) is 16.3. The normalized spacial score (nSPS) is 14.2. The average Bonchev–Trinajstić information content (AvgIpc) is 1.76. The van der Waals surface area contributed by atoms with Gasteiger partial charge in [0, 0.05) is 161 Å². The molecule has 0 saturated heterocycles. The molecule has 0 fully saturated rings. The zero-order valence-electron chi connectivity index (χ0n) is 72.6. The Hall–Kier alpha value is -9.82. The standard InChI is InChI=1S/C17H16O2S.C16H16OS.C13H9F3O3S.C12H11NO3S.C12H11NOS.C10H11ClO2S.C9H13NO3S2.C9H12O3S2/c1-12-7-8-16(14(9-12)10-15(18)11-20)17(19)13-5-3-2-4-6-13;17-16(12-18)11-15-9-5-4-8-14(15)10-13-6-2-1-3-7-13;14-13(15,16)10-5-12(18)19-11-4-7(1-2-9(10)11)3-8(17)6-20;1-13-11(15)9-3-2-7(4-8(14)6-17)5-10(9)12(13)16;14-11(8-15)6-9-5-10-3-1-2-4-12(10)13-7-9;1-13-10-3-2-8(11)4-7(10)5-9(12)6-14;10-15(12,13)9-4-2-1-3-7(9)5-8(11)6-14;1-12-9(11)8-6(2-3-14-8)4-7(10)5-13/h2-9,20H,10-11H2,1H3;1-9,18H,10-12H2;1-2,4-5,20H,3,6H2;2-3,5,17H,4,6H2,1H3;1-5,7,15H,6,8H2;2-4,14H,5-6H2,1H3;1-4,7,9,14H,5-6H2,(H2,10,12,13);2-3,6,8,13H,4-5H2,1H3. The number of aromatic nitrogens is 1. The fraction of sp³-hybridized carbons (Fsp3) is 0.265. The Morgan fingerprint density at radius 3 is 1.60 bits per heavy atom. The summed E-state index contributed by atoms with van der Waals surface area (Å²) in [5.74, 6) is 1.03. The molecule has 10 aromatic rings. The lowest BCUT2D eigenvalue weighted by molar-refractivity contribution is -0.141. The number of Topliss-reactive ketones (excluding diaryl/α,β-unsaturated/α-hetero) is 8. The number of pyridine rings is 1. The number of sulfonamides is 1. The van der Waals surface area contributed by atoms with Crippen LogP contribution in [0.5, 0.6) is 5.75 Å². The predicted octanol–water partition coefficient (Wildman–Crippen LogP) is 16.6. The number of alkyl halides is 3.